The maximum absolute atomic E-state index is 5.59. The van der Waals surface area contributed by atoms with E-state index in [0.29, 0.717) is 19.7 Å². The van der Waals surface area contributed by atoms with Gasteiger partial charge in [-0.25, -0.2) is 0 Å². The molecular weight excluding hydrogens is 208 g/mol. The maximum Gasteiger partial charge on any atom is 0.123 e. The van der Waals surface area contributed by atoms with Gasteiger partial charge in [-0.2, -0.15) is 0 Å². The average molecular weight is 226 g/mol. The lowest BCUT2D eigenvalue weighted by Gasteiger charge is -2.17. The van der Waals surface area contributed by atoms with Gasteiger partial charge in [0.15, 0.2) is 0 Å². The van der Waals surface area contributed by atoms with Gasteiger partial charge in [-0.1, -0.05) is 23.4 Å². The van der Waals surface area contributed by atoms with Crippen LogP contribution in [0, 0.1) is 0 Å². The molecule has 5 nitrogen and oxygen atoms in total. The van der Waals surface area contributed by atoms with E-state index in [1.54, 1.807) is 0 Å². The zero-order valence-corrected chi connectivity index (χ0v) is 9.68. The van der Waals surface area contributed by atoms with Crippen LogP contribution in [0.5, 0.6) is 5.75 Å². The van der Waals surface area contributed by atoms with E-state index in [9.17, 15) is 0 Å². The lowest BCUT2D eigenvalue weighted by Crippen LogP contribution is -2.26. The van der Waals surface area contributed by atoms with E-state index < -0.39 is 0 Å². The average Bonchev–Trinajstić information content (AvgIpc) is 2.35. The lowest BCUT2D eigenvalue weighted by atomic mass is 10.2. The summed E-state index contributed by atoms with van der Waals surface area (Å²) in [5, 5.41) is 1.34. The smallest absolute Gasteiger partial charge is 0.123 e. The molecule has 0 aliphatic rings. The summed E-state index contributed by atoms with van der Waals surface area (Å²) in [5.41, 5.74) is 6.58. The quantitative estimate of drug-likeness (QED) is 0.701. The van der Waals surface area contributed by atoms with E-state index in [4.69, 9.17) is 20.1 Å². The molecule has 0 fully saturated rings. The van der Waals surface area contributed by atoms with Crippen LogP contribution in [0.2, 0.25) is 0 Å². The van der Waals surface area contributed by atoms with Crippen LogP contribution in [0.1, 0.15) is 5.56 Å². The van der Waals surface area contributed by atoms with Gasteiger partial charge < -0.3 is 10.5 Å². The molecule has 0 unspecified atom stereocenters. The lowest BCUT2D eigenvalue weighted by molar-refractivity contribution is -0.343. The Balaban J connectivity index is 2.42. The SMILES string of the molecule is CON(CCOc1ccccc1CN)OC. The van der Waals surface area contributed by atoms with Gasteiger partial charge in [0.05, 0.1) is 20.8 Å². The van der Waals surface area contributed by atoms with Crippen molar-refractivity contribution in [2.24, 2.45) is 5.73 Å². The topological polar surface area (TPSA) is 57.0 Å². The number of hydrogen-bond acceptors (Lipinski definition) is 5. The van der Waals surface area contributed by atoms with E-state index in [2.05, 4.69) is 0 Å². The highest BCUT2D eigenvalue weighted by atomic mass is 16.9. The number of ether oxygens (including phenoxy) is 1. The normalized spacial score (nSPS) is 10.8. The second-order valence-corrected chi connectivity index (χ2v) is 3.08. The van der Waals surface area contributed by atoms with Crippen LogP contribution in [-0.2, 0) is 16.2 Å². The van der Waals surface area contributed by atoms with Crippen molar-refractivity contribution >= 4 is 0 Å². The van der Waals surface area contributed by atoms with E-state index in [-0.39, 0.29) is 0 Å². The molecule has 0 atom stereocenters. The molecule has 5 heteroatoms. The number of nitrogens with zero attached hydrogens (tertiary/aromatic N) is 1. The van der Waals surface area contributed by atoms with Gasteiger partial charge in [-0.05, 0) is 6.07 Å². The summed E-state index contributed by atoms with van der Waals surface area (Å²) in [7, 11) is 3.08. The van der Waals surface area contributed by atoms with E-state index >= 15 is 0 Å². The zero-order valence-electron chi connectivity index (χ0n) is 9.68. The molecule has 0 radical (unpaired) electrons. The molecule has 0 heterocycles. The van der Waals surface area contributed by atoms with Crippen molar-refractivity contribution < 1.29 is 14.4 Å². The number of nitrogens with two attached hydrogens (primary N) is 1. The minimum atomic E-state index is 0.467. The minimum absolute atomic E-state index is 0.467. The van der Waals surface area contributed by atoms with Crippen LogP contribution in [0.3, 0.4) is 0 Å². The number of hydrogen-bond donors (Lipinski definition) is 1. The van der Waals surface area contributed by atoms with Crippen LogP contribution in [0.15, 0.2) is 24.3 Å². The molecule has 1 aromatic rings. The highest BCUT2D eigenvalue weighted by molar-refractivity contribution is 5.32. The summed E-state index contributed by atoms with van der Waals surface area (Å²) in [6, 6.07) is 7.69. The van der Waals surface area contributed by atoms with Crippen molar-refractivity contribution in [2.45, 2.75) is 6.54 Å². The fourth-order valence-corrected chi connectivity index (χ4v) is 1.30. The molecule has 0 saturated heterocycles. The number of rotatable bonds is 7. The van der Waals surface area contributed by atoms with Gasteiger partial charge in [-0.15, -0.1) is 0 Å². The Morgan fingerprint density at radius 2 is 1.88 bits per heavy atom. The highest BCUT2D eigenvalue weighted by Gasteiger charge is 2.04. The van der Waals surface area contributed by atoms with Crippen LogP contribution < -0.4 is 10.5 Å². The van der Waals surface area contributed by atoms with Crippen molar-refractivity contribution in [1.29, 1.82) is 0 Å². The summed E-state index contributed by atoms with van der Waals surface area (Å²) >= 11 is 0. The van der Waals surface area contributed by atoms with Crippen LogP contribution in [0.25, 0.3) is 0 Å². The zero-order chi connectivity index (χ0) is 11.8. The monoisotopic (exact) mass is 226 g/mol. The van der Waals surface area contributed by atoms with E-state index in [1.165, 1.54) is 19.4 Å². The third-order valence-corrected chi connectivity index (χ3v) is 2.13. The largest absolute Gasteiger partial charge is 0.492 e. The number of benzene rings is 1. The Kier molecular flexibility index (Phi) is 5.81. The fourth-order valence-electron chi connectivity index (χ4n) is 1.30. The first kappa shape index (κ1) is 12.9. The highest BCUT2D eigenvalue weighted by Crippen LogP contribution is 2.16. The fraction of sp³-hybridized carbons (Fsp3) is 0.455. The number of para-hydroxylation sites is 1. The summed E-state index contributed by atoms with van der Waals surface area (Å²) in [6.45, 7) is 1.46. The minimum Gasteiger partial charge on any atom is -0.492 e. The second kappa shape index (κ2) is 7.19. The van der Waals surface area contributed by atoms with Crippen LogP contribution in [-0.4, -0.2) is 32.6 Å². The Labute approximate surface area is 95.6 Å². The molecule has 90 valence electrons. The van der Waals surface area contributed by atoms with Gasteiger partial charge in [0.2, 0.25) is 0 Å². The first-order valence-corrected chi connectivity index (χ1v) is 5.08. The van der Waals surface area contributed by atoms with Crippen molar-refractivity contribution in [3.63, 3.8) is 0 Å². The molecule has 0 aliphatic carbocycles. The van der Waals surface area contributed by atoms with Crippen molar-refractivity contribution in [3.05, 3.63) is 29.8 Å². The van der Waals surface area contributed by atoms with Crippen LogP contribution in [0.4, 0.5) is 0 Å². The molecule has 0 bridgehead atoms. The summed E-state index contributed by atoms with van der Waals surface area (Å²) in [5.74, 6) is 0.803. The molecule has 0 aliphatic heterocycles. The van der Waals surface area contributed by atoms with Crippen LogP contribution >= 0.6 is 0 Å². The first-order valence-electron chi connectivity index (χ1n) is 5.08. The number of hydroxylamine groups is 2. The van der Waals surface area contributed by atoms with Gasteiger partial charge in [0, 0.05) is 12.1 Å². The summed E-state index contributed by atoms with van der Waals surface area (Å²) < 4.78 is 5.58. The third-order valence-electron chi connectivity index (χ3n) is 2.13. The molecule has 1 aromatic carbocycles. The molecular formula is C11H18N2O3. The molecule has 0 spiro atoms. The molecule has 0 amide bonds. The summed E-state index contributed by atoms with van der Waals surface area (Å²) in [6.07, 6.45) is 0. The Hall–Kier alpha value is -1.14. The second-order valence-electron chi connectivity index (χ2n) is 3.08. The molecule has 0 saturated carbocycles. The van der Waals surface area contributed by atoms with Crippen molar-refractivity contribution in [1.82, 2.24) is 5.23 Å². The maximum atomic E-state index is 5.59. The molecule has 0 aromatic heterocycles. The van der Waals surface area contributed by atoms with Gasteiger partial charge in [0.25, 0.3) is 0 Å². The third kappa shape index (κ3) is 3.79. The predicted octanol–water partition coefficient (Wildman–Crippen LogP) is 0.949. The van der Waals surface area contributed by atoms with Crippen molar-refractivity contribution in [3.8, 4) is 5.75 Å². The first-order chi connectivity index (χ1) is 7.81. The standard InChI is InChI=1S/C11H18N2O3/c1-14-13(15-2)7-8-16-11-6-4-3-5-10(11)9-12/h3-6H,7-9,12H2,1-2H3. The predicted molar refractivity (Wildman–Crippen MR) is 60.6 cm³/mol. The Bertz CT molecular complexity index is 303. The van der Waals surface area contributed by atoms with Crippen molar-refractivity contribution in [2.75, 3.05) is 27.4 Å². The molecule has 1 rings (SSSR count). The van der Waals surface area contributed by atoms with Gasteiger partial charge in [-0.3, -0.25) is 9.68 Å². The Morgan fingerprint density at radius 3 is 2.50 bits per heavy atom. The van der Waals surface area contributed by atoms with Gasteiger partial charge >= 0.3 is 0 Å². The van der Waals surface area contributed by atoms with Gasteiger partial charge in [0.1, 0.15) is 12.4 Å². The summed E-state index contributed by atoms with van der Waals surface area (Å²) in [4.78, 5) is 9.80. The van der Waals surface area contributed by atoms with E-state index in [0.717, 1.165) is 11.3 Å². The Morgan fingerprint density at radius 1 is 1.19 bits per heavy atom. The molecule has 16 heavy (non-hydrogen) atoms. The molecule has 2 N–H and O–H groups in total. The van der Waals surface area contributed by atoms with E-state index in [1.807, 2.05) is 24.3 Å².